The zero-order chi connectivity index (χ0) is 18.6. The lowest BCUT2D eigenvalue weighted by molar-refractivity contribution is 0.0592. The molecule has 25 heavy (non-hydrogen) atoms. The highest BCUT2D eigenvalue weighted by atomic mass is 32.2. The maximum Gasteiger partial charge on any atom is 0.358 e. The van der Waals surface area contributed by atoms with Gasteiger partial charge >= 0.3 is 5.97 Å². The van der Waals surface area contributed by atoms with Crippen LogP contribution in [0.1, 0.15) is 39.5 Å². The number of primary sulfonamides is 1. The molecular formula is C15H16N4O5S. The summed E-state index contributed by atoms with van der Waals surface area (Å²) in [6, 6.07) is 5.43. The maximum absolute atomic E-state index is 12.2. The number of hydrogen-bond acceptors (Lipinski definition) is 7. The van der Waals surface area contributed by atoms with Crippen LogP contribution in [0.3, 0.4) is 0 Å². The van der Waals surface area contributed by atoms with Gasteiger partial charge in [-0.2, -0.15) is 0 Å². The number of rotatable bonds is 5. The van der Waals surface area contributed by atoms with E-state index in [9.17, 15) is 18.0 Å². The number of nitrogens with zero attached hydrogens (tertiary/aromatic N) is 2. The van der Waals surface area contributed by atoms with E-state index in [4.69, 9.17) is 5.14 Å². The van der Waals surface area contributed by atoms with Gasteiger partial charge in [0.15, 0.2) is 5.69 Å². The standard InChI is InChI=1S/C15H16N4O5S/c1-9(10-4-3-5-11(6-10)25(16,22)23)19-14(20)12-7-18-13(8-17-12)15(21)24-2/h3-9H,1-2H3,(H,19,20)(H2,16,22,23)/t9-/m1/s1. The molecule has 2 aromatic rings. The molecule has 0 aliphatic carbocycles. The van der Waals surface area contributed by atoms with Crippen molar-refractivity contribution in [3.05, 3.63) is 53.6 Å². The van der Waals surface area contributed by atoms with Crippen molar-refractivity contribution in [3.8, 4) is 0 Å². The van der Waals surface area contributed by atoms with Gasteiger partial charge in [0.1, 0.15) is 5.69 Å². The Labute approximate surface area is 144 Å². The summed E-state index contributed by atoms with van der Waals surface area (Å²) in [6.07, 6.45) is 2.28. The van der Waals surface area contributed by atoms with Crippen molar-refractivity contribution in [1.82, 2.24) is 15.3 Å². The number of ether oxygens (including phenoxy) is 1. The number of benzene rings is 1. The van der Waals surface area contributed by atoms with Crippen molar-refractivity contribution in [2.24, 2.45) is 5.14 Å². The fourth-order valence-corrected chi connectivity index (χ4v) is 2.54. The number of nitrogens with two attached hydrogens (primary N) is 1. The summed E-state index contributed by atoms with van der Waals surface area (Å²) < 4.78 is 27.3. The summed E-state index contributed by atoms with van der Waals surface area (Å²) in [5.74, 6) is -1.19. The lowest BCUT2D eigenvalue weighted by atomic mass is 10.1. The topological polar surface area (TPSA) is 141 Å². The minimum absolute atomic E-state index is 0.00195. The molecule has 3 N–H and O–H groups in total. The number of sulfonamides is 1. The number of carbonyl (C=O) groups excluding carboxylic acids is 2. The van der Waals surface area contributed by atoms with Crippen molar-refractivity contribution >= 4 is 21.9 Å². The Morgan fingerprint density at radius 1 is 1.20 bits per heavy atom. The average Bonchev–Trinajstić information content (AvgIpc) is 2.60. The molecule has 0 saturated heterocycles. The minimum atomic E-state index is -3.83. The average molecular weight is 364 g/mol. The summed E-state index contributed by atoms with van der Waals surface area (Å²) in [5, 5.41) is 7.76. The first kappa shape index (κ1) is 18.5. The van der Waals surface area contributed by atoms with Crippen molar-refractivity contribution in [3.63, 3.8) is 0 Å². The van der Waals surface area contributed by atoms with E-state index in [1.165, 1.54) is 25.3 Å². The van der Waals surface area contributed by atoms with Crippen LogP contribution in [0.4, 0.5) is 0 Å². The van der Waals surface area contributed by atoms with Gasteiger partial charge in [-0.05, 0) is 24.6 Å². The molecule has 0 aliphatic heterocycles. The summed E-state index contributed by atoms with van der Waals surface area (Å²) in [4.78, 5) is 31.1. The molecule has 1 atom stereocenters. The Morgan fingerprint density at radius 2 is 1.84 bits per heavy atom. The van der Waals surface area contributed by atoms with Gasteiger partial charge in [-0.3, -0.25) is 4.79 Å². The molecule has 1 heterocycles. The molecule has 0 radical (unpaired) electrons. The van der Waals surface area contributed by atoms with Gasteiger partial charge in [-0.15, -0.1) is 0 Å². The molecule has 1 aromatic carbocycles. The maximum atomic E-state index is 12.2. The zero-order valence-corrected chi connectivity index (χ0v) is 14.3. The smallest absolute Gasteiger partial charge is 0.358 e. The third-order valence-corrected chi connectivity index (χ3v) is 4.22. The number of esters is 1. The number of aromatic nitrogens is 2. The Kier molecular flexibility index (Phi) is 5.45. The van der Waals surface area contributed by atoms with E-state index in [-0.39, 0.29) is 16.3 Å². The Bertz CT molecular complexity index is 896. The molecule has 0 fully saturated rings. The van der Waals surface area contributed by atoms with Gasteiger partial charge in [0, 0.05) is 0 Å². The van der Waals surface area contributed by atoms with E-state index in [2.05, 4.69) is 20.0 Å². The number of carbonyl (C=O) groups is 2. The molecular weight excluding hydrogens is 348 g/mol. The van der Waals surface area contributed by atoms with Crippen LogP contribution < -0.4 is 10.5 Å². The number of hydrogen-bond donors (Lipinski definition) is 2. The third-order valence-electron chi connectivity index (χ3n) is 3.31. The quantitative estimate of drug-likeness (QED) is 0.731. The van der Waals surface area contributed by atoms with Gasteiger partial charge < -0.3 is 10.1 Å². The van der Waals surface area contributed by atoms with Crippen LogP contribution in [-0.2, 0) is 14.8 Å². The van der Waals surface area contributed by atoms with Gasteiger partial charge in [0.05, 0.1) is 30.4 Å². The van der Waals surface area contributed by atoms with Gasteiger partial charge in [-0.1, -0.05) is 12.1 Å². The van der Waals surface area contributed by atoms with E-state index in [0.29, 0.717) is 5.56 Å². The highest BCUT2D eigenvalue weighted by Gasteiger charge is 2.16. The predicted octanol–water partition coefficient (Wildman–Crippen LogP) is 0.402. The first-order valence-electron chi connectivity index (χ1n) is 7.06. The largest absolute Gasteiger partial charge is 0.464 e. The molecule has 0 aliphatic rings. The number of nitrogens with one attached hydrogen (secondary N) is 1. The zero-order valence-electron chi connectivity index (χ0n) is 13.5. The molecule has 0 spiro atoms. The van der Waals surface area contributed by atoms with Crippen LogP contribution in [0.5, 0.6) is 0 Å². The van der Waals surface area contributed by atoms with Crippen LogP contribution in [0.15, 0.2) is 41.6 Å². The van der Waals surface area contributed by atoms with Gasteiger partial charge in [0.2, 0.25) is 10.0 Å². The first-order valence-corrected chi connectivity index (χ1v) is 8.61. The Balaban J connectivity index is 2.14. The van der Waals surface area contributed by atoms with E-state index < -0.39 is 27.9 Å². The van der Waals surface area contributed by atoms with Crippen LogP contribution >= 0.6 is 0 Å². The van der Waals surface area contributed by atoms with E-state index >= 15 is 0 Å². The van der Waals surface area contributed by atoms with Crippen molar-refractivity contribution in [1.29, 1.82) is 0 Å². The monoisotopic (exact) mass is 364 g/mol. The molecule has 2 rings (SSSR count). The summed E-state index contributed by atoms with van der Waals surface area (Å²) in [5.41, 5.74) is 0.536. The lowest BCUT2D eigenvalue weighted by Crippen LogP contribution is -2.28. The second kappa shape index (κ2) is 7.36. The highest BCUT2D eigenvalue weighted by molar-refractivity contribution is 7.89. The minimum Gasteiger partial charge on any atom is -0.464 e. The van der Waals surface area contributed by atoms with Gasteiger partial charge in [0.25, 0.3) is 5.91 Å². The predicted molar refractivity (Wildman–Crippen MR) is 87.1 cm³/mol. The number of methoxy groups -OCH3 is 1. The normalized spacial score (nSPS) is 12.3. The molecule has 9 nitrogen and oxygen atoms in total. The Hall–Kier alpha value is -2.85. The molecule has 0 unspecified atom stereocenters. The molecule has 0 bridgehead atoms. The summed E-state index contributed by atoms with van der Waals surface area (Å²) in [6.45, 7) is 1.68. The van der Waals surface area contributed by atoms with E-state index in [1.807, 2.05) is 0 Å². The van der Waals surface area contributed by atoms with Crippen LogP contribution in [-0.4, -0.2) is 37.4 Å². The number of amides is 1. The molecule has 10 heteroatoms. The molecule has 132 valence electrons. The third kappa shape index (κ3) is 4.58. The van der Waals surface area contributed by atoms with Crippen LogP contribution in [0.2, 0.25) is 0 Å². The highest BCUT2D eigenvalue weighted by Crippen LogP contribution is 2.17. The van der Waals surface area contributed by atoms with E-state index in [1.54, 1.807) is 13.0 Å². The molecule has 1 aromatic heterocycles. The molecule has 1 amide bonds. The summed E-state index contributed by atoms with van der Waals surface area (Å²) >= 11 is 0. The van der Waals surface area contributed by atoms with Crippen LogP contribution in [0.25, 0.3) is 0 Å². The van der Waals surface area contributed by atoms with Crippen molar-refractivity contribution < 1.29 is 22.7 Å². The second-order valence-corrected chi connectivity index (χ2v) is 6.65. The van der Waals surface area contributed by atoms with Crippen molar-refractivity contribution in [2.45, 2.75) is 17.9 Å². The van der Waals surface area contributed by atoms with Crippen molar-refractivity contribution in [2.75, 3.05) is 7.11 Å². The fourth-order valence-electron chi connectivity index (χ4n) is 1.97. The van der Waals surface area contributed by atoms with E-state index in [0.717, 1.165) is 12.4 Å². The fraction of sp³-hybridized carbons (Fsp3) is 0.200. The first-order chi connectivity index (χ1) is 11.7. The summed E-state index contributed by atoms with van der Waals surface area (Å²) in [7, 11) is -2.62. The van der Waals surface area contributed by atoms with Crippen LogP contribution in [0, 0.1) is 0 Å². The second-order valence-electron chi connectivity index (χ2n) is 5.09. The SMILES string of the molecule is COC(=O)c1cnc(C(=O)N[C@H](C)c2cccc(S(N)(=O)=O)c2)cn1. The lowest BCUT2D eigenvalue weighted by Gasteiger charge is -2.14. The molecule has 0 saturated carbocycles. The Morgan fingerprint density at radius 3 is 2.40 bits per heavy atom. The van der Waals surface area contributed by atoms with Gasteiger partial charge in [-0.25, -0.2) is 28.3 Å².